The Balaban J connectivity index is 1.49. The van der Waals surface area contributed by atoms with Gasteiger partial charge in [-0.05, 0) is 12.6 Å². The summed E-state index contributed by atoms with van der Waals surface area (Å²) in [6, 6.07) is 7.93. The van der Waals surface area contributed by atoms with Gasteiger partial charge in [0.2, 0.25) is 5.91 Å². The number of carbonyl (C=O) groups excluding carboxylic acids is 1. The zero-order valence-corrected chi connectivity index (χ0v) is 13.2. The minimum Gasteiger partial charge on any atom is -0.391 e. The molecule has 6 heteroatoms. The largest absolute Gasteiger partial charge is 0.391 e. The lowest BCUT2D eigenvalue weighted by Gasteiger charge is -2.13. The van der Waals surface area contributed by atoms with Crippen molar-refractivity contribution in [3.8, 4) is 11.4 Å². The number of nitrogens with one attached hydrogen (secondary N) is 2. The van der Waals surface area contributed by atoms with Crippen molar-refractivity contribution in [2.24, 2.45) is 5.92 Å². The number of benzene rings is 1. The number of H-pyrrole nitrogens is 1. The molecule has 2 atom stereocenters. The van der Waals surface area contributed by atoms with Crippen LogP contribution in [-0.2, 0) is 11.3 Å². The summed E-state index contributed by atoms with van der Waals surface area (Å²) in [5.41, 5.74) is 2.06. The number of likely N-dealkylation sites (N-methyl/N-ethyl adjacent to an activating group) is 1. The van der Waals surface area contributed by atoms with Crippen LogP contribution in [0.5, 0.6) is 0 Å². The summed E-state index contributed by atoms with van der Waals surface area (Å²) in [5, 5.41) is 12.8. The molecule has 1 aliphatic rings. The molecule has 122 valence electrons. The average Bonchev–Trinajstić information content (AvgIpc) is 3.16. The first-order chi connectivity index (χ1) is 11.1. The van der Waals surface area contributed by atoms with Crippen molar-refractivity contribution in [3.05, 3.63) is 42.2 Å². The molecule has 3 N–H and O–H groups in total. The van der Waals surface area contributed by atoms with Crippen LogP contribution >= 0.6 is 0 Å². The fraction of sp³-hybridized carbons (Fsp3) is 0.412. The number of imidazole rings is 1. The Morgan fingerprint density at radius 3 is 2.78 bits per heavy atom. The first kappa shape index (κ1) is 15.7. The van der Waals surface area contributed by atoms with Gasteiger partial charge in [-0.3, -0.25) is 4.79 Å². The first-order valence-corrected chi connectivity index (χ1v) is 7.84. The number of likely N-dealkylation sites (tertiary alicyclic amines) is 1. The quantitative estimate of drug-likeness (QED) is 0.769. The van der Waals surface area contributed by atoms with E-state index in [1.165, 1.54) is 0 Å². The summed E-state index contributed by atoms with van der Waals surface area (Å²) in [6.45, 7) is 1.91. The molecule has 1 aromatic heterocycles. The zero-order valence-electron chi connectivity index (χ0n) is 13.2. The van der Waals surface area contributed by atoms with Gasteiger partial charge in [-0.15, -0.1) is 0 Å². The van der Waals surface area contributed by atoms with E-state index in [1.54, 1.807) is 12.4 Å². The van der Waals surface area contributed by atoms with Crippen molar-refractivity contribution in [2.75, 3.05) is 20.1 Å². The fourth-order valence-electron chi connectivity index (χ4n) is 2.98. The van der Waals surface area contributed by atoms with Gasteiger partial charge in [0, 0.05) is 49.9 Å². The smallest absolute Gasteiger partial charge is 0.220 e. The molecule has 1 aromatic carbocycles. The van der Waals surface area contributed by atoms with Crippen LogP contribution in [0.1, 0.15) is 12.0 Å². The summed E-state index contributed by atoms with van der Waals surface area (Å²) < 4.78 is 0. The summed E-state index contributed by atoms with van der Waals surface area (Å²) >= 11 is 0. The van der Waals surface area contributed by atoms with Crippen molar-refractivity contribution in [1.82, 2.24) is 20.2 Å². The summed E-state index contributed by atoms with van der Waals surface area (Å²) in [5.74, 6) is 0.848. The van der Waals surface area contributed by atoms with Gasteiger partial charge in [0.05, 0.1) is 6.10 Å². The molecule has 1 saturated heterocycles. The molecular weight excluding hydrogens is 292 g/mol. The number of aromatic amines is 1. The lowest BCUT2D eigenvalue weighted by Crippen LogP contribution is -2.29. The molecule has 2 aromatic rings. The van der Waals surface area contributed by atoms with E-state index in [1.807, 2.05) is 31.3 Å². The SMILES string of the molecule is CN1C[C@@H](CC(=O)NCc2ccc(-c3ncc[nH]3)cc2)[C@H](O)C1. The second kappa shape index (κ2) is 6.93. The highest BCUT2D eigenvalue weighted by molar-refractivity contribution is 5.76. The molecule has 0 saturated carbocycles. The first-order valence-electron chi connectivity index (χ1n) is 7.84. The van der Waals surface area contributed by atoms with Gasteiger partial charge in [0.25, 0.3) is 0 Å². The predicted octanol–water partition coefficient (Wildman–Crippen LogP) is 1.01. The molecular formula is C17H22N4O2. The maximum atomic E-state index is 12.0. The summed E-state index contributed by atoms with van der Waals surface area (Å²) in [6.07, 6.45) is 3.48. The number of hydrogen-bond acceptors (Lipinski definition) is 4. The highest BCUT2D eigenvalue weighted by Crippen LogP contribution is 2.19. The average molecular weight is 314 g/mol. The minimum absolute atomic E-state index is 0.0144. The molecule has 2 heterocycles. The van der Waals surface area contributed by atoms with Crippen LogP contribution in [0.2, 0.25) is 0 Å². The van der Waals surface area contributed by atoms with Crippen LogP contribution in [0, 0.1) is 5.92 Å². The maximum absolute atomic E-state index is 12.0. The standard InChI is InChI=1S/C17H22N4O2/c1-21-10-14(15(22)11-21)8-16(23)20-9-12-2-4-13(5-3-12)17-18-6-7-19-17/h2-7,14-15,22H,8-11H2,1H3,(H,18,19)(H,20,23)/t14-,15-/m1/s1. The van der Waals surface area contributed by atoms with E-state index in [0.29, 0.717) is 19.5 Å². The Labute approximate surface area is 135 Å². The van der Waals surface area contributed by atoms with Gasteiger partial charge in [-0.1, -0.05) is 24.3 Å². The number of aliphatic hydroxyl groups excluding tert-OH is 1. The number of amides is 1. The third-order valence-corrected chi connectivity index (χ3v) is 4.25. The monoisotopic (exact) mass is 314 g/mol. The second-order valence-electron chi connectivity index (χ2n) is 6.16. The number of aliphatic hydroxyl groups is 1. The van der Waals surface area contributed by atoms with Gasteiger partial charge < -0.3 is 20.3 Å². The van der Waals surface area contributed by atoms with Gasteiger partial charge in [0.15, 0.2) is 0 Å². The van der Waals surface area contributed by atoms with Crippen molar-refractivity contribution in [2.45, 2.75) is 19.1 Å². The van der Waals surface area contributed by atoms with Crippen molar-refractivity contribution in [3.63, 3.8) is 0 Å². The van der Waals surface area contributed by atoms with E-state index in [2.05, 4.69) is 20.2 Å². The molecule has 1 fully saturated rings. The zero-order chi connectivity index (χ0) is 16.2. The van der Waals surface area contributed by atoms with Crippen LogP contribution in [0.25, 0.3) is 11.4 Å². The molecule has 0 unspecified atom stereocenters. The summed E-state index contributed by atoms with van der Waals surface area (Å²) in [7, 11) is 1.96. The lowest BCUT2D eigenvalue weighted by atomic mass is 10.0. The third-order valence-electron chi connectivity index (χ3n) is 4.25. The van der Waals surface area contributed by atoms with Gasteiger partial charge in [-0.25, -0.2) is 4.98 Å². The molecule has 0 bridgehead atoms. The topological polar surface area (TPSA) is 81.2 Å². The van der Waals surface area contributed by atoms with Crippen molar-refractivity contribution in [1.29, 1.82) is 0 Å². The number of carbonyl (C=O) groups is 1. The highest BCUT2D eigenvalue weighted by Gasteiger charge is 2.30. The van der Waals surface area contributed by atoms with E-state index in [0.717, 1.165) is 23.5 Å². The summed E-state index contributed by atoms with van der Waals surface area (Å²) in [4.78, 5) is 21.3. The number of β-amino-alcohol motifs (C(OH)–C–C–N with tert-alkyl or cyclic N) is 1. The Morgan fingerprint density at radius 2 is 2.17 bits per heavy atom. The van der Waals surface area contributed by atoms with E-state index in [9.17, 15) is 9.90 Å². The lowest BCUT2D eigenvalue weighted by molar-refractivity contribution is -0.122. The van der Waals surface area contributed by atoms with Crippen molar-refractivity contribution >= 4 is 5.91 Å². The minimum atomic E-state index is -0.404. The van der Waals surface area contributed by atoms with Gasteiger partial charge >= 0.3 is 0 Å². The van der Waals surface area contributed by atoms with Gasteiger partial charge in [0.1, 0.15) is 5.82 Å². The van der Waals surface area contributed by atoms with E-state index < -0.39 is 6.10 Å². The Kier molecular flexibility index (Phi) is 4.73. The molecule has 23 heavy (non-hydrogen) atoms. The highest BCUT2D eigenvalue weighted by atomic mass is 16.3. The molecule has 0 spiro atoms. The third kappa shape index (κ3) is 3.97. The molecule has 1 amide bonds. The Bertz CT molecular complexity index is 639. The van der Waals surface area contributed by atoms with Gasteiger partial charge in [-0.2, -0.15) is 0 Å². The number of rotatable bonds is 5. The van der Waals surface area contributed by atoms with Crippen LogP contribution < -0.4 is 5.32 Å². The van der Waals surface area contributed by atoms with E-state index in [4.69, 9.17) is 0 Å². The molecule has 1 aliphatic heterocycles. The Hall–Kier alpha value is -2.18. The van der Waals surface area contributed by atoms with E-state index in [-0.39, 0.29) is 11.8 Å². The number of nitrogens with zero attached hydrogens (tertiary/aromatic N) is 2. The second-order valence-corrected chi connectivity index (χ2v) is 6.16. The fourth-order valence-corrected chi connectivity index (χ4v) is 2.98. The van der Waals surface area contributed by atoms with Crippen LogP contribution in [0.4, 0.5) is 0 Å². The molecule has 0 aliphatic carbocycles. The van der Waals surface area contributed by atoms with Crippen LogP contribution in [0.15, 0.2) is 36.7 Å². The number of hydrogen-bond donors (Lipinski definition) is 3. The van der Waals surface area contributed by atoms with Crippen LogP contribution in [0.3, 0.4) is 0 Å². The predicted molar refractivity (Wildman–Crippen MR) is 87.5 cm³/mol. The van der Waals surface area contributed by atoms with Crippen LogP contribution in [-0.4, -0.2) is 52.1 Å². The number of aromatic nitrogens is 2. The molecule has 0 radical (unpaired) electrons. The Morgan fingerprint density at radius 1 is 1.39 bits per heavy atom. The molecule has 6 nitrogen and oxygen atoms in total. The normalized spacial score (nSPS) is 21.5. The van der Waals surface area contributed by atoms with Crippen molar-refractivity contribution < 1.29 is 9.90 Å². The molecule has 3 rings (SSSR count). The maximum Gasteiger partial charge on any atom is 0.220 e. The van der Waals surface area contributed by atoms with E-state index >= 15 is 0 Å².